The van der Waals surface area contributed by atoms with Crippen LogP contribution in [0.5, 0.6) is 0 Å². The molecule has 0 bridgehead atoms. The van der Waals surface area contributed by atoms with Crippen molar-refractivity contribution in [3.05, 3.63) is 0 Å². The van der Waals surface area contributed by atoms with Gasteiger partial charge in [0.15, 0.2) is 0 Å². The quantitative estimate of drug-likeness (QED) is 0.514. The van der Waals surface area contributed by atoms with Gasteiger partial charge in [0.05, 0.1) is 0 Å². The molecule has 0 aliphatic heterocycles. The zero-order valence-electron chi connectivity index (χ0n) is 10.9. The molecule has 0 heterocycles. The molecule has 0 radical (unpaired) electrons. The summed E-state index contributed by atoms with van der Waals surface area (Å²) in [6.45, 7) is 7.02. The summed E-state index contributed by atoms with van der Waals surface area (Å²) in [4.78, 5) is 2.72. The van der Waals surface area contributed by atoms with Gasteiger partial charge >= 0.3 is 96.1 Å². The molecular formula is C13H31Sb. The van der Waals surface area contributed by atoms with Gasteiger partial charge in [-0.3, -0.25) is 0 Å². The summed E-state index contributed by atoms with van der Waals surface area (Å²) in [5, 5.41) is 0. The maximum absolute atomic E-state index is 2.72. The van der Waals surface area contributed by atoms with Crippen LogP contribution in [0.15, 0.2) is 0 Å². The Balaban J connectivity index is 3.89. The van der Waals surface area contributed by atoms with Crippen LogP contribution >= 0.6 is 0 Å². The predicted octanol–water partition coefficient (Wildman–Crippen LogP) is 5.20. The summed E-state index contributed by atoms with van der Waals surface area (Å²) in [7, 11) is 0. The van der Waals surface area contributed by atoms with Gasteiger partial charge in [0, 0.05) is 0 Å². The third-order valence-electron chi connectivity index (χ3n) is 3.40. The van der Waals surface area contributed by atoms with Crippen molar-refractivity contribution in [3.8, 4) is 0 Å². The minimum absolute atomic E-state index is 1.41. The normalized spacial score (nSPS) is 13.1. The molecule has 14 heavy (non-hydrogen) atoms. The molecule has 0 aliphatic carbocycles. The van der Waals surface area contributed by atoms with E-state index >= 15 is 0 Å². The number of hydrogen-bond donors (Lipinski definition) is 0. The Bertz CT molecular complexity index is 98.6. The third kappa shape index (κ3) is 7.16. The zero-order chi connectivity index (χ0) is 10.9. The first-order chi connectivity index (χ1) is 6.68. The molecule has 0 amide bonds. The van der Waals surface area contributed by atoms with Crippen LogP contribution < -0.4 is 0 Å². The Morgan fingerprint density at radius 2 is 0.929 bits per heavy atom. The summed E-state index contributed by atoms with van der Waals surface area (Å²) in [6, 6.07) is 0. The summed E-state index contributed by atoms with van der Waals surface area (Å²) >= 11 is -1.56. The molecule has 0 nitrogen and oxygen atoms in total. The number of rotatable bonds is 9. The molecular weight excluding hydrogens is 278 g/mol. The monoisotopic (exact) mass is 308 g/mol. The molecule has 1 heteroatoms. The van der Waals surface area contributed by atoms with Gasteiger partial charge in [-0.1, -0.05) is 0 Å². The predicted molar refractivity (Wildman–Crippen MR) is 72.2 cm³/mol. The molecule has 0 aromatic heterocycles. The van der Waals surface area contributed by atoms with E-state index in [9.17, 15) is 0 Å². The molecule has 0 aromatic carbocycles. The van der Waals surface area contributed by atoms with E-state index in [1.54, 1.807) is 13.1 Å². The van der Waals surface area contributed by atoms with Crippen LogP contribution in [-0.4, -0.2) is 18.8 Å². The fraction of sp³-hybridized carbons (Fsp3) is 1.00. The average Bonchev–Trinajstić information content (AvgIpc) is 2.21. The van der Waals surface area contributed by atoms with Gasteiger partial charge in [0.1, 0.15) is 0 Å². The molecule has 0 saturated heterocycles. The molecule has 0 aliphatic rings. The van der Waals surface area contributed by atoms with Crippen molar-refractivity contribution in [1.29, 1.82) is 0 Å². The van der Waals surface area contributed by atoms with Gasteiger partial charge in [0.2, 0.25) is 0 Å². The minimum atomic E-state index is -1.56. The van der Waals surface area contributed by atoms with Gasteiger partial charge in [-0.25, -0.2) is 0 Å². The summed E-state index contributed by atoms with van der Waals surface area (Å²) < 4.78 is 4.97. The van der Waals surface area contributed by atoms with Gasteiger partial charge in [-0.2, -0.15) is 0 Å². The van der Waals surface area contributed by atoms with Crippen LogP contribution in [0, 0.1) is 0 Å². The molecule has 0 aromatic rings. The van der Waals surface area contributed by atoms with Gasteiger partial charge < -0.3 is 0 Å². The van der Waals surface area contributed by atoms with Crippen molar-refractivity contribution in [2.75, 3.05) is 0 Å². The summed E-state index contributed by atoms with van der Waals surface area (Å²) in [5.74, 6) is 0. The molecule has 88 valence electrons. The van der Waals surface area contributed by atoms with Crippen molar-refractivity contribution < 1.29 is 0 Å². The van der Waals surface area contributed by atoms with E-state index < -0.39 is 18.8 Å². The van der Waals surface area contributed by atoms with Crippen molar-refractivity contribution in [2.45, 2.75) is 77.3 Å². The fourth-order valence-electron chi connectivity index (χ4n) is 2.19. The Morgan fingerprint density at radius 3 is 1.14 bits per heavy atom. The standard InChI is InChI=1S/3C4H9.CH3.Sb.H/c3*1-3-4-2;;;/h3*1,3-4H2,2H3;1H3;;. The van der Waals surface area contributed by atoms with Gasteiger partial charge in [-0.05, 0) is 0 Å². The SMILES string of the molecule is CCC[CH2][SbH]([CH3])([CH2]CCC)[CH2]CCC. The molecule has 0 unspecified atom stereocenters. The first kappa shape index (κ1) is 14.8. The maximum atomic E-state index is 2.72. The first-order valence-corrected chi connectivity index (χ1v) is 15.6. The van der Waals surface area contributed by atoms with Crippen LogP contribution in [0.4, 0.5) is 0 Å². The molecule has 0 saturated carbocycles. The number of unbranched alkanes of at least 4 members (excludes halogenated alkanes) is 3. The van der Waals surface area contributed by atoms with Gasteiger partial charge in [-0.15, -0.1) is 0 Å². The molecule has 0 atom stereocenters. The zero-order valence-corrected chi connectivity index (χ0v) is 13.7. The van der Waals surface area contributed by atoms with E-state index in [2.05, 4.69) is 25.6 Å². The number of hydrogen-bond acceptors (Lipinski definition) is 0. The van der Waals surface area contributed by atoms with Crippen molar-refractivity contribution >= 4 is 18.8 Å². The van der Waals surface area contributed by atoms with Crippen LogP contribution in [0.3, 0.4) is 0 Å². The summed E-state index contributed by atoms with van der Waals surface area (Å²) in [5.41, 5.74) is 0. The topological polar surface area (TPSA) is 0 Å². The third-order valence-corrected chi connectivity index (χ3v) is 16.8. The Morgan fingerprint density at radius 1 is 0.643 bits per heavy atom. The Labute approximate surface area is 95.9 Å². The van der Waals surface area contributed by atoms with E-state index in [4.69, 9.17) is 0 Å². The average molecular weight is 309 g/mol. The molecule has 0 N–H and O–H groups in total. The summed E-state index contributed by atoms with van der Waals surface area (Å²) in [6.07, 6.45) is 8.76. The Hall–Kier alpha value is 0.818. The van der Waals surface area contributed by atoms with Crippen molar-refractivity contribution in [2.24, 2.45) is 0 Å². The molecule has 0 fully saturated rings. The van der Waals surface area contributed by atoms with E-state index in [-0.39, 0.29) is 0 Å². The van der Waals surface area contributed by atoms with E-state index in [0.29, 0.717) is 0 Å². The first-order valence-electron chi connectivity index (χ1n) is 6.68. The van der Waals surface area contributed by atoms with Crippen LogP contribution in [-0.2, 0) is 0 Å². The van der Waals surface area contributed by atoms with E-state index in [0.717, 1.165) is 0 Å². The van der Waals surface area contributed by atoms with E-state index in [1.165, 1.54) is 38.5 Å². The second-order valence-corrected chi connectivity index (χ2v) is 19.7. The van der Waals surface area contributed by atoms with Crippen LogP contribution in [0.25, 0.3) is 0 Å². The van der Waals surface area contributed by atoms with Crippen LogP contribution in [0.1, 0.15) is 59.3 Å². The van der Waals surface area contributed by atoms with Gasteiger partial charge in [0.25, 0.3) is 0 Å². The Kier molecular flexibility index (Phi) is 9.60. The second-order valence-electron chi connectivity index (χ2n) is 5.12. The second kappa shape index (κ2) is 9.07. The molecule has 0 rings (SSSR count). The van der Waals surface area contributed by atoms with Crippen molar-refractivity contribution in [1.82, 2.24) is 0 Å². The fourth-order valence-corrected chi connectivity index (χ4v) is 14.7. The van der Waals surface area contributed by atoms with E-state index in [1.807, 2.05) is 0 Å². The molecule has 0 spiro atoms. The van der Waals surface area contributed by atoms with Crippen LogP contribution in [0.2, 0.25) is 18.0 Å². The van der Waals surface area contributed by atoms with Crippen molar-refractivity contribution in [3.63, 3.8) is 0 Å².